The largest absolute Gasteiger partial charge is 1.00 e. The average Bonchev–Trinajstić information content (AvgIpc) is 2.59. The number of hydrogen-bond acceptors (Lipinski definition) is 1. The molecule has 0 saturated carbocycles. The van der Waals surface area contributed by atoms with Gasteiger partial charge in [-0.2, -0.15) is 0 Å². The van der Waals surface area contributed by atoms with Crippen LogP contribution in [0.1, 0.15) is 86.6 Å². The second kappa shape index (κ2) is 16.8. The average molecular weight is 387 g/mol. The number of aromatic carboxylic acids is 1. The predicted octanol–water partition coefficient (Wildman–Crippen LogP) is 2.67. The molecule has 1 rings (SSSR count). The van der Waals surface area contributed by atoms with Gasteiger partial charge in [0.1, 0.15) is 5.75 Å². The summed E-state index contributed by atoms with van der Waals surface area (Å²) in [4.78, 5) is 10.8. The fourth-order valence-electron chi connectivity index (χ4n) is 3.00. The minimum atomic E-state index is -0.845. The molecule has 0 fully saturated rings. The lowest BCUT2D eigenvalue weighted by Gasteiger charge is -2.04. The van der Waals surface area contributed by atoms with E-state index in [4.69, 9.17) is 5.11 Å². The van der Waals surface area contributed by atoms with E-state index >= 15 is 0 Å². The van der Waals surface area contributed by atoms with E-state index in [1.807, 2.05) is 12.1 Å². The smallest absolute Gasteiger partial charge is 0.335 e. The maximum atomic E-state index is 10.8. The van der Waals surface area contributed by atoms with Crippen molar-refractivity contribution in [2.24, 2.45) is 0 Å². The van der Waals surface area contributed by atoms with Crippen LogP contribution in [-0.4, -0.2) is 23.1 Å². The first kappa shape index (κ1) is 24.3. The molecular weight excluding hydrogens is 352 g/mol. The molecule has 0 spiro atoms. The summed E-state index contributed by atoms with van der Waals surface area (Å²) in [7, 11) is 0. The molecule has 1 aromatic carbocycles. The highest BCUT2D eigenvalue weighted by Crippen LogP contribution is 2.13. The summed E-state index contributed by atoms with van der Waals surface area (Å²) >= 11 is 1.55. The Balaban J connectivity index is 0.00000576. The Kier molecular flexibility index (Phi) is 16.3. The molecule has 0 unspecified atom stereocenters. The van der Waals surface area contributed by atoms with Gasteiger partial charge >= 0.3 is 5.97 Å². The van der Waals surface area contributed by atoms with Gasteiger partial charge in [0.05, 0.1) is 11.8 Å². The number of carboxylic acid groups (broad SMARTS) is 1. The molecule has 0 aliphatic heterocycles. The Bertz CT molecular complexity index is 434. The Labute approximate surface area is 164 Å². The van der Waals surface area contributed by atoms with Crippen molar-refractivity contribution in [1.82, 2.24) is 0 Å². The molecule has 0 aliphatic rings. The monoisotopic (exact) mass is 386 g/mol. The van der Waals surface area contributed by atoms with E-state index in [1.165, 1.54) is 81.9 Å². The van der Waals surface area contributed by atoms with Crippen LogP contribution in [-0.2, 0) is 18.2 Å². The Morgan fingerprint density at radius 2 is 1.24 bits per heavy atom. The number of rotatable bonds is 15. The molecule has 0 bridgehead atoms. The summed E-state index contributed by atoms with van der Waals surface area (Å²) in [6, 6.07) is 7.31. The van der Waals surface area contributed by atoms with Gasteiger partial charge in [0, 0.05) is 0 Å². The molecule has 0 radical (unpaired) electrons. The molecule has 0 heterocycles. The van der Waals surface area contributed by atoms with Gasteiger partial charge in [-0.1, -0.05) is 63.5 Å². The van der Waals surface area contributed by atoms with Crippen LogP contribution in [0.4, 0.5) is 0 Å². The van der Waals surface area contributed by atoms with E-state index in [0.717, 1.165) is 6.42 Å². The first-order chi connectivity index (χ1) is 11.7. The molecule has 1 aromatic rings. The van der Waals surface area contributed by atoms with Crippen LogP contribution in [0.5, 0.6) is 0 Å². The minimum Gasteiger partial charge on any atom is -1.00 e. The van der Waals surface area contributed by atoms with Gasteiger partial charge in [0.2, 0.25) is 0 Å². The summed E-state index contributed by atoms with van der Waals surface area (Å²) in [5.41, 5.74) is 1.63. The van der Waals surface area contributed by atoms with Crippen LogP contribution in [0.3, 0.4) is 0 Å². The van der Waals surface area contributed by atoms with Crippen molar-refractivity contribution in [2.75, 3.05) is 12.0 Å². The van der Waals surface area contributed by atoms with Gasteiger partial charge in [-0.05, 0) is 55.1 Å². The quantitative estimate of drug-likeness (QED) is 0.286. The first-order valence-electron chi connectivity index (χ1n) is 9.62. The van der Waals surface area contributed by atoms with Crippen molar-refractivity contribution < 1.29 is 22.3 Å². The van der Waals surface area contributed by atoms with Crippen molar-refractivity contribution >= 4 is 17.7 Å². The predicted molar refractivity (Wildman–Crippen MR) is 107 cm³/mol. The zero-order chi connectivity index (χ0) is 17.5. The number of hydrogen-bond donors (Lipinski definition) is 1. The van der Waals surface area contributed by atoms with Gasteiger partial charge in [-0.3, -0.25) is 0 Å². The zero-order valence-corrected chi connectivity index (χ0v) is 17.3. The fourth-order valence-corrected chi connectivity index (χ4v) is 3.54. The molecule has 0 aromatic heterocycles. The number of carbonyl (C=O) groups is 1. The highest BCUT2D eigenvalue weighted by atomic mass is 35.5. The molecule has 4 heteroatoms. The maximum Gasteiger partial charge on any atom is 0.335 e. The number of halogens is 1. The lowest BCUT2D eigenvalue weighted by atomic mass is 10.0. The molecule has 0 saturated heterocycles. The fraction of sp³-hybridized carbons (Fsp3) is 0.667. The first-order valence-corrected chi connectivity index (χ1v) is 11.1. The zero-order valence-electron chi connectivity index (χ0n) is 15.7. The molecule has 1 N–H and O–H groups in total. The highest BCUT2D eigenvalue weighted by molar-refractivity contribution is 7.77. The Morgan fingerprint density at radius 1 is 0.800 bits per heavy atom. The third-order valence-corrected chi connectivity index (χ3v) is 5.31. The summed E-state index contributed by atoms with van der Waals surface area (Å²) in [5, 5.41) is 8.87. The van der Waals surface area contributed by atoms with E-state index in [1.54, 1.807) is 23.9 Å². The SMILES string of the molecule is C[SH+]CCCCCCCCCCCCCc1ccc(C(=O)O)cc1.[Cl-]. The number of aryl methyl sites for hydroxylation is 1. The normalized spacial score (nSPS) is 10.4. The molecule has 0 atom stereocenters. The topological polar surface area (TPSA) is 37.3 Å². The van der Waals surface area contributed by atoms with Crippen LogP contribution >= 0.6 is 0 Å². The van der Waals surface area contributed by atoms with E-state index < -0.39 is 5.97 Å². The van der Waals surface area contributed by atoms with Crippen molar-refractivity contribution in [3.63, 3.8) is 0 Å². The number of carboxylic acids is 1. The number of benzene rings is 1. The Hall–Kier alpha value is -0.670. The number of unbranched alkanes of at least 4 members (excludes halogenated alkanes) is 10. The van der Waals surface area contributed by atoms with Crippen LogP contribution in [0.15, 0.2) is 24.3 Å². The van der Waals surface area contributed by atoms with Crippen LogP contribution in [0.25, 0.3) is 0 Å². The van der Waals surface area contributed by atoms with E-state index in [0.29, 0.717) is 5.56 Å². The molecule has 25 heavy (non-hydrogen) atoms. The van der Waals surface area contributed by atoms with Gasteiger partial charge in [-0.25, -0.2) is 4.79 Å². The summed E-state index contributed by atoms with van der Waals surface area (Å²) in [5.74, 6) is 0.533. The minimum absolute atomic E-state index is 0. The van der Waals surface area contributed by atoms with Crippen LogP contribution in [0, 0.1) is 0 Å². The summed E-state index contributed by atoms with van der Waals surface area (Å²) in [6.45, 7) is 0. The van der Waals surface area contributed by atoms with Gasteiger partial charge in [-0.15, -0.1) is 0 Å². The lowest BCUT2D eigenvalue weighted by Crippen LogP contribution is -3.00. The van der Waals surface area contributed by atoms with Crippen molar-refractivity contribution in [3.05, 3.63) is 35.4 Å². The van der Waals surface area contributed by atoms with Crippen molar-refractivity contribution in [2.45, 2.75) is 77.0 Å². The second-order valence-electron chi connectivity index (χ2n) is 6.68. The Morgan fingerprint density at radius 3 is 1.68 bits per heavy atom. The molecule has 0 amide bonds. The van der Waals surface area contributed by atoms with E-state index in [-0.39, 0.29) is 12.4 Å². The van der Waals surface area contributed by atoms with Crippen molar-refractivity contribution in [1.29, 1.82) is 0 Å². The van der Waals surface area contributed by atoms with Crippen molar-refractivity contribution in [3.8, 4) is 0 Å². The van der Waals surface area contributed by atoms with Crippen LogP contribution in [0.2, 0.25) is 0 Å². The second-order valence-corrected chi connectivity index (χ2v) is 7.76. The maximum absolute atomic E-state index is 10.8. The van der Waals surface area contributed by atoms with Crippen LogP contribution < -0.4 is 12.4 Å². The standard InChI is InChI=1S/C21H34O2S.ClH/c1-24-18-12-10-8-6-4-2-3-5-7-9-11-13-19-14-16-20(17-15-19)21(22)23;/h14-17H,2-13,18H2,1H3,(H,22,23);1H. The molecular formula is C21H35ClO2S. The van der Waals surface area contributed by atoms with Gasteiger partial charge in [0.25, 0.3) is 0 Å². The summed E-state index contributed by atoms with van der Waals surface area (Å²) < 4.78 is 0. The molecule has 2 nitrogen and oxygen atoms in total. The highest BCUT2D eigenvalue weighted by Gasteiger charge is 2.01. The van der Waals surface area contributed by atoms with Gasteiger partial charge < -0.3 is 17.5 Å². The lowest BCUT2D eigenvalue weighted by molar-refractivity contribution is -0.0000206. The van der Waals surface area contributed by atoms with E-state index in [9.17, 15) is 4.79 Å². The number of thiol groups is 1. The summed E-state index contributed by atoms with van der Waals surface area (Å²) in [6.07, 6.45) is 18.4. The third-order valence-electron chi connectivity index (χ3n) is 4.55. The third kappa shape index (κ3) is 13.2. The van der Waals surface area contributed by atoms with E-state index in [2.05, 4.69) is 6.26 Å². The van der Waals surface area contributed by atoms with Gasteiger partial charge in [0.15, 0.2) is 0 Å². The molecule has 144 valence electrons. The molecule has 0 aliphatic carbocycles.